The van der Waals surface area contributed by atoms with Crippen molar-refractivity contribution in [3.05, 3.63) is 44.8 Å². The van der Waals surface area contributed by atoms with Gasteiger partial charge in [-0.2, -0.15) is 0 Å². The maximum atomic E-state index is 12.7. The van der Waals surface area contributed by atoms with Gasteiger partial charge in [0.2, 0.25) is 0 Å². The molecule has 2 saturated heterocycles. The number of nitrogens with one attached hydrogen (secondary N) is 2. The largest absolute Gasteiger partial charge is 0.414 e. The predicted octanol–water partition coefficient (Wildman–Crippen LogP) is 5.60. The first-order valence-corrected chi connectivity index (χ1v) is 20.5. The summed E-state index contributed by atoms with van der Waals surface area (Å²) in [5.41, 5.74) is -1.61. The smallest absolute Gasteiger partial charge is 0.330 e. The standard InChI is InChI=1S/C26H44N3O5PS2Si/c1-16(2)18-10-11-26(7)21(12-18)34-35(36,37-26)28-19-13-22(29-14-17(3)23(30)27-24(29)31)33-20(19)15-32-38(8,9)25(4,5)6/h14,18-22H,1,10-13,15H2,2-9H3,(H,28,36)(H,27,30,31)/t18-,19?,20+,21+,22+,26+,35?/m0/s1. The Balaban J connectivity index is 1.57. The van der Waals surface area contributed by atoms with Crippen molar-refractivity contribution in [3.63, 3.8) is 0 Å². The first-order chi connectivity index (χ1) is 17.4. The maximum Gasteiger partial charge on any atom is 0.330 e. The molecule has 1 aromatic rings. The van der Waals surface area contributed by atoms with Crippen molar-refractivity contribution in [3.8, 4) is 0 Å². The molecule has 2 aliphatic heterocycles. The molecule has 2 unspecified atom stereocenters. The lowest BCUT2D eigenvalue weighted by Crippen LogP contribution is -2.45. The van der Waals surface area contributed by atoms with Crippen LogP contribution in [0.5, 0.6) is 0 Å². The molecule has 4 rings (SSSR count). The number of ether oxygens (including phenoxy) is 1. The van der Waals surface area contributed by atoms with Crippen LogP contribution >= 0.6 is 17.0 Å². The minimum absolute atomic E-state index is 0.0204. The van der Waals surface area contributed by atoms with E-state index in [0.29, 0.717) is 24.5 Å². The molecule has 3 fully saturated rings. The highest BCUT2D eigenvalue weighted by Gasteiger charge is 2.54. The highest BCUT2D eigenvalue weighted by atomic mass is 32.9. The van der Waals surface area contributed by atoms with Crippen LogP contribution in [0.15, 0.2) is 27.9 Å². The van der Waals surface area contributed by atoms with Crippen molar-refractivity contribution in [1.29, 1.82) is 0 Å². The number of aromatic amines is 1. The van der Waals surface area contributed by atoms with E-state index in [4.69, 9.17) is 25.5 Å². The average Bonchev–Trinajstić information content (AvgIpc) is 3.29. The van der Waals surface area contributed by atoms with Crippen LogP contribution in [0.2, 0.25) is 18.1 Å². The van der Waals surface area contributed by atoms with Gasteiger partial charge in [-0.3, -0.25) is 19.4 Å². The van der Waals surface area contributed by atoms with Crippen molar-refractivity contribution in [2.24, 2.45) is 5.92 Å². The second-order valence-electron chi connectivity index (χ2n) is 13.0. The van der Waals surface area contributed by atoms with E-state index in [1.807, 2.05) is 0 Å². The summed E-state index contributed by atoms with van der Waals surface area (Å²) in [5.74, 6) is 0.468. The Hall–Kier alpha value is -0.523. The summed E-state index contributed by atoms with van der Waals surface area (Å²) in [6.07, 6.45) is 4.45. The van der Waals surface area contributed by atoms with Crippen LogP contribution in [-0.4, -0.2) is 47.5 Å². The third-order valence-corrected chi connectivity index (χ3v) is 19.5. The van der Waals surface area contributed by atoms with E-state index >= 15 is 0 Å². The van der Waals surface area contributed by atoms with Gasteiger partial charge in [0.15, 0.2) is 13.9 Å². The van der Waals surface area contributed by atoms with Gasteiger partial charge < -0.3 is 13.7 Å². The molecule has 0 aromatic carbocycles. The molecule has 0 spiro atoms. The number of hydrogen-bond donors (Lipinski definition) is 2. The van der Waals surface area contributed by atoms with Crippen molar-refractivity contribution >= 4 is 37.1 Å². The van der Waals surface area contributed by atoms with Gasteiger partial charge in [0.05, 0.1) is 18.8 Å². The minimum Gasteiger partial charge on any atom is -0.414 e. The number of allylic oxidation sites excluding steroid dienone is 1. The molecule has 12 heteroatoms. The van der Waals surface area contributed by atoms with Crippen molar-refractivity contribution in [1.82, 2.24) is 14.6 Å². The monoisotopic (exact) mass is 601 g/mol. The molecule has 38 heavy (non-hydrogen) atoms. The van der Waals surface area contributed by atoms with Crippen LogP contribution in [0.3, 0.4) is 0 Å². The zero-order chi connectivity index (χ0) is 28.3. The number of fused-ring (bicyclic) bond motifs is 1. The summed E-state index contributed by atoms with van der Waals surface area (Å²) >= 11 is 7.99. The first kappa shape index (κ1) is 30.4. The zero-order valence-electron chi connectivity index (χ0n) is 24.0. The molecule has 2 N–H and O–H groups in total. The number of rotatable bonds is 7. The van der Waals surface area contributed by atoms with Crippen LogP contribution in [0.25, 0.3) is 0 Å². The summed E-state index contributed by atoms with van der Waals surface area (Å²) in [5, 5.41) is 3.77. The Labute approximate surface area is 236 Å². The average molecular weight is 602 g/mol. The third-order valence-electron chi connectivity index (χ3n) is 8.89. The SMILES string of the molecule is C=C(C)[C@H]1CC[C@@]2(C)SP(=S)(NC3C[C@H](n4cc(C)c(=O)[nH]c4=O)O[C@@H]3CO[Si](C)(C)C(C)(C)C)O[C@@H]2C1. The van der Waals surface area contributed by atoms with Crippen LogP contribution in [0, 0.1) is 12.8 Å². The van der Waals surface area contributed by atoms with Crippen LogP contribution in [0.1, 0.15) is 72.1 Å². The maximum absolute atomic E-state index is 12.7. The van der Waals surface area contributed by atoms with Crippen molar-refractivity contribution in [2.75, 3.05) is 6.61 Å². The molecule has 0 bridgehead atoms. The molecule has 3 aliphatic rings. The van der Waals surface area contributed by atoms with E-state index in [1.165, 1.54) is 10.1 Å². The molecule has 1 saturated carbocycles. The van der Waals surface area contributed by atoms with Gasteiger partial charge in [-0.1, -0.05) is 44.3 Å². The van der Waals surface area contributed by atoms with Gasteiger partial charge in [0.25, 0.3) is 5.56 Å². The summed E-state index contributed by atoms with van der Waals surface area (Å²) in [4.78, 5) is 27.0. The Kier molecular flexibility index (Phi) is 8.58. The first-order valence-electron chi connectivity index (χ1n) is 13.5. The van der Waals surface area contributed by atoms with Crippen LogP contribution < -0.4 is 16.3 Å². The molecule has 214 valence electrons. The molecular formula is C26H44N3O5PS2Si. The predicted molar refractivity (Wildman–Crippen MR) is 162 cm³/mol. The normalized spacial score (nSPS) is 35.8. The summed E-state index contributed by atoms with van der Waals surface area (Å²) < 4.78 is 21.2. The number of aromatic nitrogens is 2. The molecule has 1 aliphatic carbocycles. The van der Waals surface area contributed by atoms with Gasteiger partial charge in [-0.25, -0.2) is 4.79 Å². The highest BCUT2D eigenvalue weighted by Crippen LogP contribution is 2.73. The highest BCUT2D eigenvalue weighted by molar-refractivity contribution is 8.69. The zero-order valence-corrected chi connectivity index (χ0v) is 27.5. The lowest BCUT2D eigenvalue weighted by atomic mass is 9.77. The molecule has 0 radical (unpaired) electrons. The summed E-state index contributed by atoms with van der Waals surface area (Å²) in [7, 11) is -2.03. The lowest BCUT2D eigenvalue weighted by Gasteiger charge is -2.37. The molecule has 7 atom stereocenters. The van der Waals surface area contributed by atoms with E-state index in [1.54, 1.807) is 24.5 Å². The minimum atomic E-state index is -2.43. The fourth-order valence-corrected chi connectivity index (χ4v) is 14.3. The van der Waals surface area contributed by atoms with Crippen molar-refractivity contribution < 1.29 is 13.7 Å². The number of H-pyrrole nitrogens is 1. The second kappa shape index (κ2) is 10.7. The third kappa shape index (κ3) is 6.20. The van der Waals surface area contributed by atoms with Crippen molar-refractivity contribution in [2.45, 2.75) is 115 Å². The molecule has 3 heterocycles. The topological polar surface area (TPSA) is 94.6 Å². The number of hydrogen-bond acceptors (Lipinski definition) is 7. The Bertz CT molecular complexity index is 1240. The van der Waals surface area contributed by atoms with Crippen LogP contribution in [-0.2, 0) is 25.5 Å². The fraction of sp³-hybridized carbons (Fsp3) is 0.769. The van der Waals surface area contributed by atoms with E-state index in [9.17, 15) is 9.59 Å². The van der Waals surface area contributed by atoms with E-state index in [2.05, 4.69) is 64.4 Å². The van der Waals surface area contributed by atoms with Crippen LogP contribution in [0.4, 0.5) is 0 Å². The van der Waals surface area contributed by atoms with E-state index < -0.39 is 25.9 Å². The van der Waals surface area contributed by atoms with Gasteiger partial charge in [0, 0.05) is 29.0 Å². The fourth-order valence-electron chi connectivity index (χ4n) is 5.18. The van der Waals surface area contributed by atoms with Gasteiger partial charge in [-0.05, 0) is 75.9 Å². The molecule has 8 nitrogen and oxygen atoms in total. The van der Waals surface area contributed by atoms with Gasteiger partial charge in [-0.15, -0.1) is 0 Å². The lowest BCUT2D eigenvalue weighted by molar-refractivity contribution is -0.0256. The summed E-state index contributed by atoms with van der Waals surface area (Å²) in [6, 6.07) is -0.150. The quantitative estimate of drug-likeness (QED) is 0.237. The summed E-state index contributed by atoms with van der Waals surface area (Å²) in [6.45, 7) is 21.7. The second-order valence-corrected chi connectivity index (χ2v) is 24.7. The van der Waals surface area contributed by atoms with E-state index in [-0.39, 0.29) is 33.6 Å². The van der Waals surface area contributed by atoms with Gasteiger partial charge in [0.1, 0.15) is 6.23 Å². The number of nitrogens with zero attached hydrogens (tertiary/aromatic N) is 1. The molecule has 0 amide bonds. The number of aryl methyl sites for hydroxylation is 1. The van der Waals surface area contributed by atoms with Gasteiger partial charge >= 0.3 is 5.69 Å². The Morgan fingerprint density at radius 3 is 2.71 bits per heavy atom. The molecular weight excluding hydrogens is 557 g/mol. The Morgan fingerprint density at radius 2 is 2.08 bits per heavy atom. The van der Waals surface area contributed by atoms with E-state index in [0.717, 1.165) is 19.3 Å². The Morgan fingerprint density at radius 1 is 1.39 bits per heavy atom. The molecule has 1 aromatic heterocycles.